The number of aromatic nitrogens is 2. The predicted molar refractivity (Wildman–Crippen MR) is 80.7 cm³/mol. The predicted octanol–water partition coefficient (Wildman–Crippen LogP) is 2.56. The number of anilines is 1. The summed E-state index contributed by atoms with van der Waals surface area (Å²) in [6.45, 7) is 6.15. The highest BCUT2D eigenvalue weighted by Gasteiger charge is 2.29. The second kappa shape index (κ2) is 5.06. The van der Waals surface area contributed by atoms with Gasteiger partial charge in [-0.1, -0.05) is 6.92 Å². The molecule has 0 spiro atoms. The smallest absolute Gasteiger partial charge is 0.141 e. The molecule has 2 atom stereocenters. The molecular weight excluding hydrogens is 256 g/mol. The zero-order valence-corrected chi connectivity index (χ0v) is 12.3. The average molecular weight is 276 g/mol. The van der Waals surface area contributed by atoms with E-state index in [1.165, 1.54) is 23.1 Å². The van der Waals surface area contributed by atoms with Gasteiger partial charge in [0.1, 0.15) is 17.0 Å². The number of thiophene rings is 1. The van der Waals surface area contributed by atoms with Crippen LogP contribution < -0.4 is 10.6 Å². The van der Waals surface area contributed by atoms with Crippen LogP contribution in [0.5, 0.6) is 0 Å². The van der Waals surface area contributed by atoms with E-state index in [1.54, 1.807) is 17.7 Å². The largest absolute Gasteiger partial charge is 0.351 e. The average Bonchev–Trinajstić information content (AvgIpc) is 2.78. The minimum atomic E-state index is 0.395. The molecule has 0 bridgehead atoms. The molecule has 2 aromatic heterocycles. The van der Waals surface area contributed by atoms with Crippen molar-refractivity contribution in [1.82, 2.24) is 9.97 Å². The summed E-state index contributed by atoms with van der Waals surface area (Å²) in [5.74, 6) is 1.69. The molecule has 1 aliphatic rings. The Hall–Kier alpha value is -1.20. The molecule has 4 nitrogen and oxygen atoms in total. The summed E-state index contributed by atoms with van der Waals surface area (Å²) >= 11 is 1.73. The van der Waals surface area contributed by atoms with Gasteiger partial charge in [0.15, 0.2) is 0 Å². The molecule has 5 heteroatoms. The Morgan fingerprint density at radius 1 is 1.47 bits per heavy atom. The third kappa shape index (κ3) is 2.21. The Morgan fingerprint density at radius 3 is 3.11 bits per heavy atom. The number of hydrogen-bond acceptors (Lipinski definition) is 5. The number of nitrogens with two attached hydrogens (primary N) is 1. The fourth-order valence-electron chi connectivity index (χ4n) is 3.06. The number of piperidine rings is 1. The van der Waals surface area contributed by atoms with Gasteiger partial charge in [-0.25, -0.2) is 9.97 Å². The zero-order valence-electron chi connectivity index (χ0n) is 11.5. The van der Waals surface area contributed by atoms with Crippen molar-refractivity contribution in [3.63, 3.8) is 0 Å². The van der Waals surface area contributed by atoms with Crippen LogP contribution in [0.3, 0.4) is 0 Å². The van der Waals surface area contributed by atoms with Crippen molar-refractivity contribution < 1.29 is 0 Å². The van der Waals surface area contributed by atoms with Gasteiger partial charge in [-0.05, 0) is 31.7 Å². The topological polar surface area (TPSA) is 55.0 Å². The molecule has 0 radical (unpaired) electrons. The van der Waals surface area contributed by atoms with Gasteiger partial charge >= 0.3 is 0 Å². The number of rotatable bonds is 2. The summed E-state index contributed by atoms with van der Waals surface area (Å²) in [5, 5.41) is 1.18. The summed E-state index contributed by atoms with van der Waals surface area (Å²) in [6.07, 6.45) is 4.15. The summed E-state index contributed by atoms with van der Waals surface area (Å²) in [4.78, 5) is 13.7. The van der Waals surface area contributed by atoms with E-state index < -0.39 is 0 Å². The van der Waals surface area contributed by atoms with Gasteiger partial charge in [0.05, 0.1) is 5.39 Å². The first-order valence-corrected chi connectivity index (χ1v) is 7.70. The van der Waals surface area contributed by atoms with Gasteiger partial charge in [0.25, 0.3) is 0 Å². The maximum atomic E-state index is 5.99. The third-order valence-corrected chi connectivity index (χ3v) is 5.02. The van der Waals surface area contributed by atoms with E-state index in [0.717, 1.165) is 17.2 Å². The van der Waals surface area contributed by atoms with Crippen LogP contribution in [-0.2, 0) is 0 Å². The van der Waals surface area contributed by atoms with E-state index in [1.807, 2.05) is 0 Å². The van der Waals surface area contributed by atoms with Crippen LogP contribution >= 0.6 is 11.3 Å². The summed E-state index contributed by atoms with van der Waals surface area (Å²) in [6, 6.07) is 2.59. The van der Waals surface area contributed by atoms with Crippen LogP contribution in [0, 0.1) is 12.8 Å². The SMILES string of the molecule is Cc1cc2c(N3CCCC(C)C3CN)ncnc2s1. The monoisotopic (exact) mass is 276 g/mol. The molecule has 1 aliphatic heterocycles. The molecule has 0 amide bonds. The van der Waals surface area contributed by atoms with Gasteiger partial charge in [-0.2, -0.15) is 0 Å². The lowest BCUT2D eigenvalue weighted by molar-refractivity contribution is 0.348. The molecule has 2 N–H and O–H groups in total. The van der Waals surface area contributed by atoms with Gasteiger partial charge in [0.2, 0.25) is 0 Å². The first kappa shape index (κ1) is 12.8. The Balaban J connectivity index is 2.07. The molecule has 1 fully saturated rings. The van der Waals surface area contributed by atoms with Gasteiger partial charge in [-0.15, -0.1) is 11.3 Å². The molecule has 0 saturated carbocycles. The van der Waals surface area contributed by atoms with Crippen molar-refractivity contribution in [2.45, 2.75) is 32.7 Å². The van der Waals surface area contributed by atoms with E-state index in [-0.39, 0.29) is 0 Å². The van der Waals surface area contributed by atoms with E-state index in [0.29, 0.717) is 18.5 Å². The first-order valence-electron chi connectivity index (χ1n) is 6.88. The highest BCUT2D eigenvalue weighted by atomic mass is 32.1. The van der Waals surface area contributed by atoms with Gasteiger partial charge < -0.3 is 10.6 Å². The van der Waals surface area contributed by atoms with Gasteiger partial charge in [0, 0.05) is 24.0 Å². The minimum Gasteiger partial charge on any atom is -0.351 e. The summed E-state index contributed by atoms with van der Waals surface area (Å²) in [5.41, 5.74) is 5.99. The molecule has 102 valence electrons. The fraction of sp³-hybridized carbons (Fsp3) is 0.571. The van der Waals surface area contributed by atoms with Crippen molar-refractivity contribution in [2.24, 2.45) is 11.7 Å². The Labute approximate surface area is 117 Å². The van der Waals surface area contributed by atoms with E-state index in [9.17, 15) is 0 Å². The standard InChI is InChI=1S/C14H20N4S/c1-9-4-3-5-18(12(9)7-15)13-11-6-10(2)19-14(11)17-8-16-13/h6,8-9,12H,3-5,7,15H2,1-2H3. The van der Waals surface area contributed by atoms with Crippen LogP contribution in [0.25, 0.3) is 10.2 Å². The van der Waals surface area contributed by atoms with Crippen molar-refractivity contribution in [1.29, 1.82) is 0 Å². The summed E-state index contributed by atoms with van der Waals surface area (Å²) < 4.78 is 0. The Morgan fingerprint density at radius 2 is 2.32 bits per heavy atom. The molecule has 19 heavy (non-hydrogen) atoms. The maximum absolute atomic E-state index is 5.99. The fourth-order valence-corrected chi connectivity index (χ4v) is 3.91. The van der Waals surface area contributed by atoms with Crippen molar-refractivity contribution in [2.75, 3.05) is 18.0 Å². The van der Waals surface area contributed by atoms with E-state index >= 15 is 0 Å². The third-order valence-electron chi connectivity index (χ3n) is 4.06. The summed E-state index contributed by atoms with van der Waals surface area (Å²) in [7, 11) is 0. The number of aryl methyl sites for hydroxylation is 1. The van der Waals surface area contributed by atoms with Crippen LogP contribution in [0.2, 0.25) is 0 Å². The zero-order chi connectivity index (χ0) is 13.4. The van der Waals surface area contributed by atoms with E-state index in [4.69, 9.17) is 5.73 Å². The van der Waals surface area contributed by atoms with Crippen LogP contribution in [0.15, 0.2) is 12.4 Å². The normalized spacial score (nSPS) is 24.1. The molecule has 3 rings (SSSR count). The highest BCUT2D eigenvalue weighted by Crippen LogP contribution is 2.34. The first-order chi connectivity index (χ1) is 9.20. The number of hydrogen-bond donors (Lipinski definition) is 1. The second-order valence-electron chi connectivity index (χ2n) is 5.39. The lowest BCUT2D eigenvalue weighted by Crippen LogP contribution is -2.49. The Bertz CT molecular complexity index is 580. The molecule has 0 aliphatic carbocycles. The van der Waals surface area contributed by atoms with Crippen LogP contribution in [-0.4, -0.2) is 29.1 Å². The van der Waals surface area contributed by atoms with Crippen molar-refractivity contribution in [3.8, 4) is 0 Å². The quantitative estimate of drug-likeness (QED) is 0.916. The maximum Gasteiger partial charge on any atom is 0.141 e. The molecule has 3 heterocycles. The highest BCUT2D eigenvalue weighted by molar-refractivity contribution is 7.18. The van der Waals surface area contributed by atoms with Gasteiger partial charge in [-0.3, -0.25) is 0 Å². The van der Waals surface area contributed by atoms with Crippen LogP contribution in [0.1, 0.15) is 24.6 Å². The van der Waals surface area contributed by atoms with Crippen LogP contribution in [0.4, 0.5) is 5.82 Å². The number of nitrogens with zero attached hydrogens (tertiary/aromatic N) is 3. The molecule has 1 saturated heterocycles. The van der Waals surface area contributed by atoms with E-state index in [2.05, 4.69) is 34.8 Å². The molecular formula is C14H20N4S. The minimum absolute atomic E-state index is 0.395. The van der Waals surface area contributed by atoms with Crippen molar-refractivity contribution >= 4 is 27.4 Å². The second-order valence-corrected chi connectivity index (χ2v) is 6.62. The molecule has 2 aromatic rings. The molecule has 2 unspecified atom stereocenters. The molecule has 0 aromatic carbocycles. The lowest BCUT2D eigenvalue weighted by Gasteiger charge is -2.40. The Kier molecular flexibility index (Phi) is 3.41. The van der Waals surface area contributed by atoms with Crippen molar-refractivity contribution in [3.05, 3.63) is 17.3 Å². The number of fused-ring (bicyclic) bond motifs is 1. The lowest BCUT2D eigenvalue weighted by atomic mass is 9.90.